The van der Waals surface area contributed by atoms with E-state index in [1.54, 1.807) is 0 Å². The SMILES string of the molecule is C[N+](C)(C)CCOP(=O)([O-])OCc1ccc(C(=O)O)cc1. The molecule has 1 aromatic carbocycles. The highest BCUT2D eigenvalue weighted by molar-refractivity contribution is 7.45. The van der Waals surface area contributed by atoms with E-state index in [9.17, 15) is 14.3 Å². The van der Waals surface area contributed by atoms with Gasteiger partial charge in [-0.3, -0.25) is 4.57 Å². The van der Waals surface area contributed by atoms with Gasteiger partial charge in [0.15, 0.2) is 0 Å². The zero-order chi connectivity index (χ0) is 16.1. The van der Waals surface area contributed by atoms with Crippen molar-refractivity contribution in [3.63, 3.8) is 0 Å². The average Bonchev–Trinajstić information content (AvgIpc) is 2.35. The van der Waals surface area contributed by atoms with Crippen LogP contribution < -0.4 is 4.89 Å². The summed E-state index contributed by atoms with van der Waals surface area (Å²) in [6.45, 7) is 0.385. The smallest absolute Gasteiger partial charge is 0.335 e. The first kappa shape index (κ1) is 17.8. The predicted molar refractivity (Wildman–Crippen MR) is 74.6 cm³/mol. The number of nitrogens with zero attached hydrogens (tertiary/aromatic N) is 1. The van der Waals surface area contributed by atoms with E-state index in [2.05, 4.69) is 0 Å². The van der Waals surface area contributed by atoms with E-state index in [0.717, 1.165) is 0 Å². The molecule has 0 heterocycles. The van der Waals surface area contributed by atoms with Gasteiger partial charge in [-0.15, -0.1) is 0 Å². The summed E-state index contributed by atoms with van der Waals surface area (Å²) in [4.78, 5) is 22.2. The topological polar surface area (TPSA) is 95.9 Å². The van der Waals surface area contributed by atoms with E-state index in [1.165, 1.54) is 24.3 Å². The largest absolute Gasteiger partial charge is 0.756 e. The average molecular weight is 317 g/mol. The molecule has 0 aliphatic heterocycles. The highest BCUT2D eigenvalue weighted by Gasteiger charge is 2.13. The molecule has 7 nitrogen and oxygen atoms in total. The summed E-state index contributed by atoms with van der Waals surface area (Å²) < 4.78 is 21.6. The first-order valence-electron chi connectivity index (χ1n) is 6.32. The van der Waals surface area contributed by atoms with Crippen molar-refractivity contribution in [2.24, 2.45) is 0 Å². The van der Waals surface area contributed by atoms with E-state index in [0.29, 0.717) is 16.6 Å². The lowest BCUT2D eigenvalue weighted by atomic mass is 10.1. The van der Waals surface area contributed by atoms with Gasteiger partial charge in [0.05, 0.1) is 33.3 Å². The fourth-order valence-electron chi connectivity index (χ4n) is 1.36. The third-order valence-electron chi connectivity index (χ3n) is 2.60. The Morgan fingerprint density at radius 1 is 1.24 bits per heavy atom. The van der Waals surface area contributed by atoms with Crippen LogP contribution in [0.3, 0.4) is 0 Å². The standard InChI is InChI=1S/C13H20NO6P/c1-14(2,3)8-9-19-21(17,18)20-10-11-4-6-12(7-5-11)13(15)16/h4-7H,8-10H2,1-3H3,(H-,15,16,17,18). The van der Waals surface area contributed by atoms with Crippen LogP contribution in [-0.2, 0) is 20.2 Å². The summed E-state index contributed by atoms with van der Waals surface area (Å²) >= 11 is 0. The van der Waals surface area contributed by atoms with Crippen molar-refractivity contribution < 1.29 is 32.9 Å². The summed E-state index contributed by atoms with van der Waals surface area (Å²) in [7, 11) is 1.41. The van der Waals surface area contributed by atoms with Gasteiger partial charge in [-0.05, 0) is 17.7 Å². The second-order valence-corrected chi connectivity index (χ2v) is 6.98. The molecule has 0 aromatic heterocycles. The van der Waals surface area contributed by atoms with Crippen LogP contribution in [0.25, 0.3) is 0 Å². The van der Waals surface area contributed by atoms with Gasteiger partial charge < -0.3 is 23.5 Å². The quantitative estimate of drug-likeness (QED) is 0.569. The lowest BCUT2D eigenvalue weighted by Crippen LogP contribution is -2.37. The Kier molecular flexibility index (Phi) is 6.07. The number of likely N-dealkylation sites (N-methyl/N-ethyl adjacent to an activating group) is 1. The molecule has 1 aromatic rings. The van der Waals surface area contributed by atoms with Gasteiger partial charge in [-0.2, -0.15) is 0 Å². The highest BCUT2D eigenvalue weighted by atomic mass is 31.2. The van der Waals surface area contributed by atoms with Crippen molar-refractivity contribution >= 4 is 13.8 Å². The lowest BCUT2D eigenvalue weighted by molar-refractivity contribution is -0.870. The lowest BCUT2D eigenvalue weighted by Gasteiger charge is -2.27. The van der Waals surface area contributed by atoms with Gasteiger partial charge in [-0.25, -0.2) is 4.79 Å². The third-order valence-corrected chi connectivity index (χ3v) is 3.55. The Labute approximate surface area is 123 Å². The molecule has 8 heteroatoms. The van der Waals surface area contributed by atoms with Gasteiger partial charge >= 0.3 is 5.97 Å². The van der Waals surface area contributed by atoms with Crippen LogP contribution in [0.4, 0.5) is 0 Å². The minimum Gasteiger partial charge on any atom is -0.756 e. The van der Waals surface area contributed by atoms with Crippen LogP contribution in [0.2, 0.25) is 0 Å². The Hall–Kier alpha value is -1.24. The number of hydrogen-bond donors (Lipinski definition) is 1. The molecule has 0 bridgehead atoms. The number of carboxylic acids is 1. The minimum atomic E-state index is -4.35. The third kappa shape index (κ3) is 7.36. The maximum atomic E-state index is 11.5. The molecule has 21 heavy (non-hydrogen) atoms. The monoisotopic (exact) mass is 317 g/mol. The Morgan fingerprint density at radius 3 is 2.29 bits per heavy atom. The molecule has 0 aliphatic rings. The van der Waals surface area contributed by atoms with Crippen molar-refractivity contribution in [2.75, 3.05) is 34.3 Å². The van der Waals surface area contributed by atoms with Gasteiger partial charge in [0.1, 0.15) is 13.2 Å². The molecule has 1 unspecified atom stereocenters. The number of phosphoric acid groups is 1. The zero-order valence-corrected chi connectivity index (χ0v) is 13.2. The van der Waals surface area contributed by atoms with Crippen LogP contribution in [0.1, 0.15) is 15.9 Å². The van der Waals surface area contributed by atoms with E-state index in [1.807, 2.05) is 21.1 Å². The first-order valence-corrected chi connectivity index (χ1v) is 7.78. The van der Waals surface area contributed by atoms with E-state index >= 15 is 0 Å². The summed E-state index contributed by atoms with van der Waals surface area (Å²) in [5.41, 5.74) is 0.675. The molecule has 0 aliphatic carbocycles. The molecular weight excluding hydrogens is 297 g/mol. The number of carbonyl (C=O) groups is 1. The molecule has 0 saturated carbocycles. The van der Waals surface area contributed by atoms with Crippen LogP contribution in [0.5, 0.6) is 0 Å². The minimum absolute atomic E-state index is 0.0439. The molecule has 1 N–H and O–H groups in total. The number of carboxylic acid groups (broad SMARTS) is 1. The molecule has 0 spiro atoms. The number of phosphoric ester groups is 1. The van der Waals surface area contributed by atoms with Crippen LogP contribution >= 0.6 is 7.82 Å². The second kappa shape index (κ2) is 7.15. The fourth-order valence-corrected chi connectivity index (χ4v) is 2.05. The van der Waals surface area contributed by atoms with Crippen molar-refractivity contribution in [3.8, 4) is 0 Å². The van der Waals surface area contributed by atoms with Crippen LogP contribution in [0, 0.1) is 0 Å². The second-order valence-electron chi connectivity index (χ2n) is 5.57. The number of quaternary nitrogens is 1. The maximum Gasteiger partial charge on any atom is 0.335 e. The summed E-state index contributed by atoms with van der Waals surface area (Å²) in [5, 5.41) is 8.75. The van der Waals surface area contributed by atoms with Gasteiger partial charge in [0.2, 0.25) is 0 Å². The van der Waals surface area contributed by atoms with Crippen molar-refractivity contribution in [1.82, 2.24) is 0 Å². The van der Waals surface area contributed by atoms with Gasteiger partial charge in [0.25, 0.3) is 7.82 Å². The molecule has 0 amide bonds. The van der Waals surface area contributed by atoms with E-state index in [4.69, 9.17) is 14.2 Å². The number of benzene rings is 1. The molecule has 0 fully saturated rings. The summed E-state index contributed by atoms with van der Waals surface area (Å²) in [6.07, 6.45) is 0. The van der Waals surface area contributed by atoms with Gasteiger partial charge in [0, 0.05) is 0 Å². The zero-order valence-electron chi connectivity index (χ0n) is 12.3. The molecule has 1 atom stereocenters. The number of hydrogen-bond acceptors (Lipinski definition) is 5. The Balaban J connectivity index is 2.45. The molecule has 0 saturated heterocycles. The van der Waals surface area contributed by atoms with Crippen LogP contribution in [-0.4, -0.2) is 49.9 Å². The summed E-state index contributed by atoms with van der Waals surface area (Å²) in [6, 6.07) is 5.76. The Morgan fingerprint density at radius 2 is 1.81 bits per heavy atom. The van der Waals surface area contributed by atoms with Crippen molar-refractivity contribution in [3.05, 3.63) is 35.4 Å². The van der Waals surface area contributed by atoms with Crippen molar-refractivity contribution in [1.29, 1.82) is 0 Å². The van der Waals surface area contributed by atoms with Crippen molar-refractivity contribution in [2.45, 2.75) is 6.61 Å². The summed E-state index contributed by atoms with van der Waals surface area (Å²) in [5.74, 6) is -1.04. The molecular formula is C13H20NO6P. The van der Waals surface area contributed by atoms with Crippen LogP contribution in [0.15, 0.2) is 24.3 Å². The maximum absolute atomic E-state index is 11.5. The number of aromatic carboxylic acids is 1. The fraction of sp³-hybridized carbons (Fsp3) is 0.462. The van der Waals surface area contributed by atoms with E-state index < -0.39 is 13.8 Å². The van der Waals surface area contributed by atoms with Gasteiger partial charge in [-0.1, -0.05) is 12.1 Å². The Bertz CT molecular complexity index is 522. The van der Waals surface area contributed by atoms with E-state index in [-0.39, 0.29) is 18.8 Å². The first-order chi connectivity index (χ1) is 9.59. The normalized spacial score (nSPS) is 14.7. The predicted octanol–water partition coefficient (Wildman–Crippen LogP) is 1.09. The molecule has 1 rings (SSSR count). The molecule has 0 radical (unpaired) electrons. The molecule has 118 valence electrons. The highest BCUT2D eigenvalue weighted by Crippen LogP contribution is 2.39. The number of rotatable bonds is 8.